The monoisotopic (exact) mass is 419 g/mol. The molecule has 4 N–H and O–H groups in total. The minimum absolute atomic E-state index is 0.0136. The van der Waals surface area contributed by atoms with Gasteiger partial charge >= 0.3 is 0 Å². The summed E-state index contributed by atoms with van der Waals surface area (Å²) in [6, 6.07) is 0. The number of methoxy groups -OCH3 is 1. The third-order valence-electron chi connectivity index (χ3n) is 4.35. The summed E-state index contributed by atoms with van der Waals surface area (Å²) in [4.78, 5) is 23.6. The van der Waals surface area contributed by atoms with E-state index in [1.54, 1.807) is 21.0 Å². The van der Waals surface area contributed by atoms with Gasteiger partial charge in [-0.15, -0.1) is 0 Å². The minimum Gasteiger partial charge on any atom is -0.379 e. The van der Waals surface area contributed by atoms with E-state index in [0.717, 1.165) is 0 Å². The number of hydrogen-bond acceptors (Lipinski definition) is 7. The van der Waals surface area contributed by atoms with Crippen LogP contribution in [0.3, 0.4) is 0 Å². The van der Waals surface area contributed by atoms with E-state index in [0.29, 0.717) is 71.9 Å². The molecule has 0 heterocycles. The van der Waals surface area contributed by atoms with Gasteiger partial charge in [0.05, 0.1) is 38.6 Å². The highest BCUT2D eigenvalue weighted by Crippen LogP contribution is 2.16. The van der Waals surface area contributed by atoms with Gasteiger partial charge in [0.1, 0.15) is 5.60 Å². The largest absolute Gasteiger partial charge is 0.379 e. The van der Waals surface area contributed by atoms with Gasteiger partial charge in [-0.1, -0.05) is 0 Å². The second-order valence-electron chi connectivity index (χ2n) is 7.80. The highest BCUT2D eigenvalue weighted by molar-refractivity contribution is 5.84. The first kappa shape index (κ1) is 27.7. The average molecular weight is 420 g/mol. The Morgan fingerprint density at radius 1 is 0.897 bits per heavy atom. The van der Waals surface area contributed by atoms with E-state index < -0.39 is 5.60 Å². The number of carbonyl (C=O) groups is 2. The molecule has 0 aromatic rings. The van der Waals surface area contributed by atoms with Crippen LogP contribution in [0.15, 0.2) is 0 Å². The quantitative estimate of drug-likeness (QED) is 0.278. The zero-order chi connectivity index (χ0) is 22.2. The van der Waals surface area contributed by atoms with Crippen molar-refractivity contribution in [1.82, 2.24) is 10.6 Å². The Morgan fingerprint density at radius 2 is 1.48 bits per heavy atom. The Kier molecular flexibility index (Phi) is 14.9. The smallest absolute Gasteiger partial charge is 0.251 e. The van der Waals surface area contributed by atoms with Crippen LogP contribution in [0.2, 0.25) is 0 Å². The van der Waals surface area contributed by atoms with Crippen molar-refractivity contribution in [1.29, 1.82) is 0 Å². The van der Waals surface area contributed by atoms with Crippen molar-refractivity contribution in [2.45, 2.75) is 58.2 Å². The maximum Gasteiger partial charge on any atom is 0.251 e. The normalized spacial score (nSPS) is 12.1. The summed E-state index contributed by atoms with van der Waals surface area (Å²) < 4.78 is 21.8. The molecule has 0 rings (SSSR count). The van der Waals surface area contributed by atoms with Crippen LogP contribution in [0, 0.1) is 0 Å². The second kappa shape index (κ2) is 15.6. The maximum absolute atomic E-state index is 12.2. The molecule has 0 spiro atoms. The SMILES string of the molecule is COC(C)(C)CCOC(C)(C)C(=O)NCCOCCOCCNC(=O)CCCN. The fraction of sp³-hybridized carbons (Fsp3) is 0.900. The maximum atomic E-state index is 12.2. The number of ether oxygens (including phenoxy) is 4. The predicted octanol–water partition coefficient (Wildman–Crippen LogP) is 0.601. The van der Waals surface area contributed by atoms with Gasteiger partial charge in [0.2, 0.25) is 5.91 Å². The molecule has 0 bridgehead atoms. The lowest BCUT2D eigenvalue weighted by atomic mass is 10.1. The minimum atomic E-state index is -0.915. The molecule has 0 radical (unpaired) electrons. The van der Waals surface area contributed by atoms with Crippen molar-refractivity contribution >= 4 is 11.8 Å². The predicted molar refractivity (Wildman–Crippen MR) is 112 cm³/mol. The summed E-state index contributed by atoms with van der Waals surface area (Å²) in [5.41, 5.74) is 4.15. The van der Waals surface area contributed by atoms with Crippen molar-refractivity contribution in [3.05, 3.63) is 0 Å². The van der Waals surface area contributed by atoms with Crippen molar-refractivity contribution in [3.63, 3.8) is 0 Å². The summed E-state index contributed by atoms with van der Waals surface area (Å²) in [6.45, 7) is 10.9. The van der Waals surface area contributed by atoms with Crippen LogP contribution in [0.4, 0.5) is 0 Å². The van der Waals surface area contributed by atoms with Gasteiger partial charge in [-0.05, 0) is 47.1 Å². The number of carbonyl (C=O) groups excluding carboxylic acids is 2. The van der Waals surface area contributed by atoms with Crippen LogP contribution in [0.25, 0.3) is 0 Å². The fourth-order valence-electron chi connectivity index (χ4n) is 2.10. The molecule has 9 nitrogen and oxygen atoms in total. The summed E-state index contributed by atoms with van der Waals surface area (Å²) in [7, 11) is 1.66. The molecular formula is C20H41N3O6. The van der Waals surface area contributed by atoms with Crippen molar-refractivity contribution in [3.8, 4) is 0 Å². The lowest BCUT2D eigenvalue weighted by Gasteiger charge is -2.28. The number of nitrogens with one attached hydrogen (secondary N) is 2. The zero-order valence-corrected chi connectivity index (χ0v) is 18.8. The Morgan fingerprint density at radius 3 is 2.03 bits per heavy atom. The number of rotatable bonds is 18. The fourth-order valence-corrected chi connectivity index (χ4v) is 2.10. The molecule has 0 aromatic heterocycles. The van der Waals surface area contributed by atoms with Crippen LogP contribution >= 0.6 is 0 Å². The standard InChI is InChI=1S/C20H41N3O6/c1-19(2,26-5)8-12-29-20(3,4)18(25)23-11-14-28-16-15-27-13-10-22-17(24)7-6-9-21/h6-16,21H2,1-5H3,(H,22,24)(H,23,25). The molecule has 0 aliphatic carbocycles. The van der Waals surface area contributed by atoms with E-state index in [-0.39, 0.29) is 17.4 Å². The third kappa shape index (κ3) is 15.3. The van der Waals surface area contributed by atoms with Crippen LogP contribution < -0.4 is 16.4 Å². The van der Waals surface area contributed by atoms with Crippen LogP contribution in [-0.2, 0) is 28.5 Å². The lowest BCUT2D eigenvalue weighted by molar-refractivity contribution is -0.145. The summed E-state index contributed by atoms with van der Waals surface area (Å²) in [5.74, 6) is -0.196. The van der Waals surface area contributed by atoms with Gasteiger partial charge < -0.3 is 35.3 Å². The summed E-state index contributed by atoms with van der Waals surface area (Å²) >= 11 is 0. The molecule has 0 aliphatic heterocycles. The first-order chi connectivity index (χ1) is 13.6. The molecule has 0 aromatic carbocycles. The molecule has 0 saturated carbocycles. The van der Waals surface area contributed by atoms with Crippen molar-refractivity contribution in [2.24, 2.45) is 5.73 Å². The first-order valence-electron chi connectivity index (χ1n) is 10.2. The van der Waals surface area contributed by atoms with Crippen molar-refractivity contribution in [2.75, 3.05) is 59.8 Å². The van der Waals surface area contributed by atoms with Crippen molar-refractivity contribution < 1.29 is 28.5 Å². The highest BCUT2D eigenvalue weighted by Gasteiger charge is 2.29. The Hall–Kier alpha value is -1.26. The Labute approximate surface area is 175 Å². The molecule has 29 heavy (non-hydrogen) atoms. The highest BCUT2D eigenvalue weighted by atomic mass is 16.5. The van der Waals surface area contributed by atoms with E-state index in [9.17, 15) is 9.59 Å². The third-order valence-corrected chi connectivity index (χ3v) is 4.35. The van der Waals surface area contributed by atoms with E-state index >= 15 is 0 Å². The molecule has 9 heteroatoms. The van der Waals surface area contributed by atoms with Crippen LogP contribution in [0.1, 0.15) is 47.0 Å². The molecule has 0 atom stereocenters. The summed E-state index contributed by atoms with van der Waals surface area (Å²) in [6.07, 6.45) is 1.82. The van der Waals surface area contributed by atoms with Gasteiger partial charge in [0, 0.05) is 26.6 Å². The molecule has 172 valence electrons. The topological polar surface area (TPSA) is 121 Å². The van der Waals surface area contributed by atoms with E-state index in [4.69, 9.17) is 24.7 Å². The lowest BCUT2D eigenvalue weighted by Crippen LogP contribution is -2.46. The molecule has 0 unspecified atom stereocenters. The van der Waals surface area contributed by atoms with Gasteiger partial charge in [-0.25, -0.2) is 0 Å². The van der Waals surface area contributed by atoms with Gasteiger partial charge in [0.15, 0.2) is 0 Å². The first-order valence-corrected chi connectivity index (χ1v) is 10.2. The van der Waals surface area contributed by atoms with Gasteiger partial charge in [0.25, 0.3) is 5.91 Å². The Balaban J connectivity index is 3.64. The van der Waals surface area contributed by atoms with Crippen LogP contribution in [0.5, 0.6) is 0 Å². The average Bonchev–Trinajstić information content (AvgIpc) is 2.67. The second-order valence-corrected chi connectivity index (χ2v) is 7.80. The van der Waals surface area contributed by atoms with Gasteiger partial charge in [-0.2, -0.15) is 0 Å². The molecule has 0 aliphatic rings. The van der Waals surface area contributed by atoms with E-state index in [2.05, 4.69) is 10.6 Å². The van der Waals surface area contributed by atoms with Gasteiger partial charge in [-0.3, -0.25) is 9.59 Å². The van der Waals surface area contributed by atoms with E-state index in [1.807, 2.05) is 13.8 Å². The molecule has 0 fully saturated rings. The molecule has 2 amide bonds. The zero-order valence-electron chi connectivity index (χ0n) is 18.8. The van der Waals surface area contributed by atoms with E-state index in [1.165, 1.54) is 0 Å². The Bertz CT molecular complexity index is 457. The number of hydrogen-bond donors (Lipinski definition) is 3. The number of nitrogens with two attached hydrogens (primary N) is 1. The number of amides is 2. The summed E-state index contributed by atoms with van der Waals surface area (Å²) in [5, 5.41) is 5.56. The van der Waals surface area contributed by atoms with Crippen LogP contribution in [-0.4, -0.2) is 82.8 Å². The molecule has 0 saturated heterocycles. The molecular weight excluding hydrogens is 378 g/mol.